The predicted molar refractivity (Wildman–Crippen MR) is 114 cm³/mol. The lowest BCUT2D eigenvalue weighted by Crippen LogP contribution is -2.29. The maximum atomic E-state index is 13.0. The van der Waals surface area contributed by atoms with Crippen molar-refractivity contribution in [2.75, 3.05) is 18.5 Å². The Morgan fingerprint density at radius 2 is 1.93 bits per heavy atom. The molecule has 5 nitrogen and oxygen atoms in total. The number of nitrogens with zero attached hydrogens (tertiary/aromatic N) is 1. The first kappa shape index (κ1) is 18.7. The molecule has 3 N–H and O–H groups in total. The van der Waals surface area contributed by atoms with Crippen LogP contribution in [0.5, 0.6) is 5.75 Å². The van der Waals surface area contributed by atoms with Gasteiger partial charge < -0.3 is 15.8 Å². The Balaban J connectivity index is 1.49. The van der Waals surface area contributed by atoms with Gasteiger partial charge in [-0.1, -0.05) is 24.3 Å². The number of carbonyl (C=O) groups is 1. The first-order chi connectivity index (χ1) is 13.7. The highest BCUT2D eigenvalue weighted by molar-refractivity contribution is 7.18. The Morgan fingerprint density at radius 3 is 2.71 bits per heavy atom. The predicted octanol–water partition coefficient (Wildman–Crippen LogP) is 4.32. The van der Waals surface area contributed by atoms with E-state index in [4.69, 9.17) is 15.5 Å². The van der Waals surface area contributed by atoms with Crippen molar-refractivity contribution in [3.63, 3.8) is 0 Å². The fourth-order valence-corrected chi connectivity index (χ4v) is 4.62. The SMILES string of the molecule is NCCOc1ccc(NC(=O)C2CC=CCC2c2nc3ccccc3s2)cc1. The van der Waals surface area contributed by atoms with Crippen LogP contribution in [-0.4, -0.2) is 24.0 Å². The molecule has 1 amide bonds. The highest BCUT2D eigenvalue weighted by Gasteiger charge is 2.32. The minimum atomic E-state index is -0.126. The van der Waals surface area contributed by atoms with Gasteiger partial charge in [-0.3, -0.25) is 4.79 Å². The van der Waals surface area contributed by atoms with Crippen LogP contribution < -0.4 is 15.8 Å². The zero-order valence-electron chi connectivity index (χ0n) is 15.5. The molecule has 0 radical (unpaired) electrons. The van der Waals surface area contributed by atoms with Crippen molar-refractivity contribution in [1.82, 2.24) is 4.98 Å². The molecule has 0 spiro atoms. The molecule has 0 bridgehead atoms. The fraction of sp³-hybridized carbons (Fsp3) is 0.273. The van der Waals surface area contributed by atoms with E-state index in [9.17, 15) is 4.79 Å². The molecule has 1 aliphatic carbocycles. The Morgan fingerprint density at radius 1 is 1.14 bits per heavy atom. The molecule has 1 aromatic heterocycles. The number of fused-ring (bicyclic) bond motifs is 1. The van der Waals surface area contributed by atoms with Crippen LogP contribution in [0.3, 0.4) is 0 Å². The van der Waals surface area contributed by atoms with Gasteiger partial charge in [0, 0.05) is 18.2 Å². The van der Waals surface area contributed by atoms with Gasteiger partial charge >= 0.3 is 0 Å². The average molecular weight is 394 g/mol. The van der Waals surface area contributed by atoms with Crippen LogP contribution in [0.1, 0.15) is 23.8 Å². The number of nitrogens with two attached hydrogens (primary N) is 1. The number of hydrogen-bond donors (Lipinski definition) is 2. The summed E-state index contributed by atoms with van der Waals surface area (Å²) in [5, 5.41) is 4.09. The quantitative estimate of drug-likeness (QED) is 0.612. The van der Waals surface area contributed by atoms with E-state index < -0.39 is 0 Å². The van der Waals surface area contributed by atoms with Gasteiger partial charge in [0.1, 0.15) is 12.4 Å². The Bertz CT molecular complexity index is 948. The Hall–Kier alpha value is -2.70. The Kier molecular flexibility index (Phi) is 5.69. The first-order valence-corrected chi connectivity index (χ1v) is 10.3. The lowest BCUT2D eigenvalue weighted by molar-refractivity contribution is -0.120. The summed E-state index contributed by atoms with van der Waals surface area (Å²) < 4.78 is 6.65. The van der Waals surface area contributed by atoms with E-state index in [2.05, 4.69) is 23.5 Å². The zero-order chi connectivity index (χ0) is 19.3. The number of para-hydroxylation sites is 1. The molecule has 3 aromatic rings. The molecular weight excluding hydrogens is 370 g/mol. The number of hydrogen-bond acceptors (Lipinski definition) is 5. The van der Waals surface area contributed by atoms with Crippen molar-refractivity contribution in [2.45, 2.75) is 18.8 Å². The van der Waals surface area contributed by atoms with Crippen molar-refractivity contribution in [1.29, 1.82) is 0 Å². The molecule has 1 heterocycles. The van der Waals surface area contributed by atoms with Gasteiger partial charge in [0.05, 0.1) is 21.1 Å². The third kappa shape index (κ3) is 4.08. The van der Waals surface area contributed by atoms with Gasteiger partial charge in [-0.05, 0) is 49.2 Å². The normalized spacial score (nSPS) is 18.9. The Labute approximate surface area is 168 Å². The van der Waals surface area contributed by atoms with Crippen LogP contribution in [0.4, 0.5) is 5.69 Å². The molecule has 2 aromatic carbocycles. The number of anilines is 1. The molecule has 28 heavy (non-hydrogen) atoms. The highest BCUT2D eigenvalue weighted by atomic mass is 32.1. The topological polar surface area (TPSA) is 77.2 Å². The molecular formula is C22H23N3O2S. The van der Waals surface area contributed by atoms with E-state index in [1.807, 2.05) is 42.5 Å². The van der Waals surface area contributed by atoms with Gasteiger partial charge in [-0.25, -0.2) is 4.98 Å². The molecule has 0 saturated heterocycles. The first-order valence-electron chi connectivity index (χ1n) is 9.49. The number of carbonyl (C=O) groups excluding carboxylic acids is 1. The van der Waals surface area contributed by atoms with Gasteiger partial charge in [0.2, 0.25) is 5.91 Å². The number of ether oxygens (including phenoxy) is 1. The monoisotopic (exact) mass is 393 g/mol. The lowest BCUT2D eigenvalue weighted by atomic mass is 9.82. The van der Waals surface area contributed by atoms with Gasteiger partial charge in [0.15, 0.2) is 0 Å². The summed E-state index contributed by atoms with van der Waals surface area (Å²) in [6.07, 6.45) is 5.82. The summed E-state index contributed by atoms with van der Waals surface area (Å²) in [5.74, 6) is 0.758. The number of benzene rings is 2. The highest BCUT2D eigenvalue weighted by Crippen LogP contribution is 2.39. The second kappa shape index (κ2) is 8.54. The zero-order valence-corrected chi connectivity index (χ0v) is 16.3. The molecule has 4 rings (SSSR count). The van der Waals surface area contributed by atoms with Crippen molar-refractivity contribution < 1.29 is 9.53 Å². The van der Waals surface area contributed by atoms with Gasteiger partial charge in [-0.15, -0.1) is 11.3 Å². The summed E-state index contributed by atoms with van der Waals surface area (Å²) in [5.41, 5.74) is 7.22. The molecule has 1 aliphatic rings. The van der Waals surface area contributed by atoms with E-state index in [0.717, 1.165) is 34.8 Å². The van der Waals surface area contributed by atoms with Gasteiger partial charge in [-0.2, -0.15) is 0 Å². The summed E-state index contributed by atoms with van der Waals surface area (Å²) in [6.45, 7) is 0.949. The number of rotatable bonds is 6. The lowest BCUT2D eigenvalue weighted by Gasteiger charge is -2.26. The molecule has 0 saturated carbocycles. The van der Waals surface area contributed by atoms with E-state index in [0.29, 0.717) is 13.2 Å². The molecule has 6 heteroatoms. The minimum absolute atomic E-state index is 0.0317. The molecule has 2 unspecified atom stereocenters. The van der Waals surface area contributed by atoms with Crippen molar-refractivity contribution in [2.24, 2.45) is 11.7 Å². The summed E-state index contributed by atoms with van der Waals surface area (Å²) >= 11 is 1.69. The number of thiazole rings is 1. The third-order valence-electron chi connectivity index (χ3n) is 4.91. The summed E-state index contributed by atoms with van der Waals surface area (Å²) in [7, 11) is 0. The van der Waals surface area contributed by atoms with Crippen molar-refractivity contribution in [3.8, 4) is 5.75 Å². The number of allylic oxidation sites excluding steroid dienone is 2. The largest absolute Gasteiger partial charge is 0.492 e. The number of amides is 1. The minimum Gasteiger partial charge on any atom is -0.492 e. The van der Waals surface area contributed by atoms with E-state index in [-0.39, 0.29) is 17.7 Å². The van der Waals surface area contributed by atoms with E-state index in [1.54, 1.807) is 11.3 Å². The molecule has 0 aliphatic heterocycles. The number of aromatic nitrogens is 1. The maximum Gasteiger partial charge on any atom is 0.228 e. The molecule has 144 valence electrons. The van der Waals surface area contributed by atoms with Crippen LogP contribution in [0.25, 0.3) is 10.2 Å². The van der Waals surface area contributed by atoms with E-state index in [1.165, 1.54) is 4.70 Å². The van der Waals surface area contributed by atoms with Crippen LogP contribution in [-0.2, 0) is 4.79 Å². The summed E-state index contributed by atoms with van der Waals surface area (Å²) in [4.78, 5) is 17.8. The molecule has 0 fully saturated rings. The smallest absolute Gasteiger partial charge is 0.228 e. The second-order valence-electron chi connectivity index (χ2n) is 6.83. The van der Waals surface area contributed by atoms with Crippen LogP contribution in [0.2, 0.25) is 0 Å². The van der Waals surface area contributed by atoms with Crippen molar-refractivity contribution in [3.05, 3.63) is 65.7 Å². The van der Waals surface area contributed by atoms with Crippen LogP contribution in [0.15, 0.2) is 60.7 Å². The number of nitrogens with one attached hydrogen (secondary N) is 1. The van der Waals surface area contributed by atoms with Gasteiger partial charge in [0.25, 0.3) is 0 Å². The third-order valence-corrected chi connectivity index (χ3v) is 6.07. The van der Waals surface area contributed by atoms with Crippen LogP contribution >= 0.6 is 11.3 Å². The standard InChI is InChI=1S/C22H23N3O2S/c23-13-14-27-16-11-9-15(10-12-16)24-21(26)17-5-1-2-6-18(17)22-25-19-7-3-4-8-20(19)28-22/h1-4,7-12,17-18H,5-6,13-14,23H2,(H,24,26). The fourth-order valence-electron chi connectivity index (χ4n) is 3.47. The summed E-state index contributed by atoms with van der Waals surface area (Å²) in [6, 6.07) is 15.5. The van der Waals surface area contributed by atoms with Crippen molar-refractivity contribution >= 4 is 33.1 Å². The molecule has 2 atom stereocenters. The maximum absolute atomic E-state index is 13.0. The second-order valence-corrected chi connectivity index (χ2v) is 7.89. The average Bonchev–Trinajstić information content (AvgIpc) is 3.17. The van der Waals surface area contributed by atoms with E-state index >= 15 is 0 Å². The van der Waals surface area contributed by atoms with Crippen LogP contribution in [0, 0.1) is 5.92 Å².